The molecule has 0 saturated heterocycles. The summed E-state index contributed by atoms with van der Waals surface area (Å²) < 4.78 is 5.26. The van der Waals surface area contributed by atoms with E-state index in [-0.39, 0.29) is 12.1 Å². The molecule has 0 bridgehead atoms. The number of amides is 1. The van der Waals surface area contributed by atoms with Crippen LogP contribution in [-0.2, 0) is 4.74 Å². The van der Waals surface area contributed by atoms with Crippen LogP contribution < -0.4 is 5.32 Å². The topological polar surface area (TPSA) is 38.3 Å². The van der Waals surface area contributed by atoms with Gasteiger partial charge in [0.25, 0.3) is 0 Å². The quantitative estimate of drug-likeness (QED) is 0.694. The lowest BCUT2D eigenvalue weighted by Gasteiger charge is -2.23. The molecule has 3 nitrogen and oxygen atoms in total. The SMILES string of the molecule is C=C/C=C\C(=C)CC(CCC)NC(=O)OC(C)(C)C. The zero-order valence-electron chi connectivity index (χ0n) is 12.7. The van der Waals surface area contributed by atoms with Crippen LogP contribution in [0.5, 0.6) is 0 Å². The van der Waals surface area contributed by atoms with Crippen molar-refractivity contribution in [3.63, 3.8) is 0 Å². The van der Waals surface area contributed by atoms with E-state index in [0.29, 0.717) is 0 Å². The third kappa shape index (κ3) is 10.1. The Bertz CT molecular complexity index is 337. The molecule has 1 atom stereocenters. The van der Waals surface area contributed by atoms with Gasteiger partial charge in [-0.2, -0.15) is 0 Å². The number of hydrogen-bond donors (Lipinski definition) is 1. The van der Waals surface area contributed by atoms with Gasteiger partial charge < -0.3 is 10.1 Å². The molecular weight excluding hydrogens is 238 g/mol. The lowest BCUT2D eigenvalue weighted by Crippen LogP contribution is -2.39. The lowest BCUT2D eigenvalue weighted by atomic mass is 10.0. The van der Waals surface area contributed by atoms with Crippen LogP contribution >= 0.6 is 0 Å². The minimum absolute atomic E-state index is 0.0572. The highest BCUT2D eigenvalue weighted by molar-refractivity contribution is 5.68. The number of alkyl carbamates (subject to hydrolysis) is 1. The largest absolute Gasteiger partial charge is 0.444 e. The molecule has 1 N–H and O–H groups in total. The van der Waals surface area contributed by atoms with E-state index in [0.717, 1.165) is 24.8 Å². The van der Waals surface area contributed by atoms with Crippen LogP contribution in [0.2, 0.25) is 0 Å². The molecule has 0 aliphatic rings. The molecule has 0 aromatic carbocycles. The summed E-state index contributed by atoms with van der Waals surface area (Å²) in [5.74, 6) is 0. The van der Waals surface area contributed by atoms with Crippen LogP contribution in [0.3, 0.4) is 0 Å². The normalized spacial score (nSPS) is 13.1. The zero-order chi connectivity index (χ0) is 14.9. The molecule has 1 amide bonds. The second-order valence-corrected chi connectivity index (χ2v) is 5.59. The highest BCUT2D eigenvalue weighted by atomic mass is 16.6. The minimum atomic E-state index is -0.472. The van der Waals surface area contributed by atoms with E-state index in [1.165, 1.54) is 0 Å². The van der Waals surface area contributed by atoms with Crippen LogP contribution in [-0.4, -0.2) is 17.7 Å². The van der Waals surface area contributed by atoms with Gasteiger partial charge in [0.05, 0.1) is 0 Å². The Kier molecular flexibility index (Phi) is 7.89. The van der Waals surface area contributed by atoms with Crippen molar-refractivity contribution >= 4 is 6.09 Å². The highest BCUT2D eigenvalue weighted by Crippen LogP contribution is 2.12. The smallest absolute Gasteiger partial charge is 0.407 e. The van der Waals surface area contributed by atoms with Crippen LogP contribution in [0.15, 0.2) is 37.0 Å². The Hall–Kier alpha value is -1.51. The molecule has 108 valence electrons. The fourth-order valence-electron chi connectivity index (χ4n) is 1.64. The molecule has 0 aromatic rings. The van der Waals surface area contributed by atoms with Crippen LogP contribution in [0.4, 0.5) is 4.79 Å². The van der Waals surface area contributed by atoms with E-state index in [1.807, 2.05) is 32.9 Å². The molecule has 0 aromatic heterocycles. The number of carbonyl (C=O) groups is 1. The second-order valence-electron chi connectivity index (χ2n) is 5.59. The molecule has 0 saturated carbocycles. The number of carbonyl (C=O) groups excluding carboxylic acids is 1. The summed E-state index contributed by atoms with van der Waals surface area (Å²) in [6.45, 7) is 15.2. The van der Waals surface area contributed by atoms with E-state index in [1.54, 1.807) is 6.08 Å². The Morgan fingerprint density at radius 2 is 2.05 bits per heavy atom. The molecule has 0 heterocycles. The number of nitrogens with one attached hydrogen (secondary N) is 1. The average molecular weight is 265 g/mol. The third-order valence-corrected chi connectivity index (χ3v) is 2.33. The molecule has 0 aliphatic carbocycles. The summed E-state index contributed by atoms with van der Waals surface area (Å²) in [5.41, 5.74) is 0.495. The van der Waals surface area contributed by atoms with Gasteiger partial charge in [-0.05, 0) is 33.6 Å². The Morgan fingerprint density at radius 1 is 1.42 bits per heavy atom. The summed E-state index contributed by atoms with van der Waals surface area (Å²) in [6.07, 6.45) is 7.72. The number of hydrogen-bond acceptors (Lipinski definition) is 2. The minimum Gasteiger partial charge on any atom is -0.444 e. The maximum absolute atomic E-state index is 11.7. The number of rotatable bonds is 7. The Morgan fingerprint density at radius 3 is 2.53 bits per heavy atom. The number of allylic oxidation sites excluding steroid dienone is 3. The van der Waals surface area contributed by atoms with Gasteiger partial charge >= 0.3 is 6.09 Å². The van der Waals surface area contributed by atoms with E-state index in [4.69, 9.17) is 4.74 Å². The first-order chi connectivity index (χ1) is 8.78. The van der Waals surface area contributed by atoms with Gasteiger partial charge in [-0.1, -0.05) is 50.3 Å². The van der Waals surface area contributed by atoms with Gasteiger partial charge in [-0.15, -0.1) is 0 Å². The van der Waals surface area contributed by atoms with E-state index < -0.39 is 5.60 Å². The summed E-state index contributed by atoms with van der Waals surface area (Å²) >= 11 is 0. The number of ether oxygens (including phenoxy) is 1. The van der Waals surface area contributed by atoms with Crippen molar-refractivity contribution < 1.29 is 9.53 Å². The van der Waals surface area contributed by atoms with Crippen LogP contribution in [0.1, 0.15) is 47.0 Å². The van der Waals surface area contributed by atoms with Crippen molar-refractivity contribution in [2.24, 2.45) is 0 Å². The van der Waals surface area contributed by atoms with Gasteiger partial charge in [0.15, 0.2) is 0 Å². The molecule has 1 unspecified atom stereocenters. The van der Waals surface area contributed by atoms with Crippen LogP contribution in [0, 0.1) is 0 Å². The van der Waals surface area contributed by atoms with Gasteiger partial charge in [0.1, 0.15) is 5.60 Å². The molecule has 0 spiro atoms. The third-order valence-electron chi connectivity index (χ3n) is 2.33. The summed E-state index contributed by atoms with van der Waals surface area (Å²) in [6, 6.07) is 0.0572. The lowest BCUT2D eigenvalue weighted by molar-refractivity contribution is 0.0502. The first kappa shape index (κ1) is 17.5. The predicted molar refractivity (Wildman–Crippen MR) is 81.2 cm³/mol. The standard InChI is InChI=1S/C16H27NO2/c1-7-9-11-13(3)12-14(10-8-2)17-15(18)19-16(4,5)6/h7,9,11,14H,1,3,8,10,12H2,2,4-6H3,(H,17,18)/b11-9-. The van der Waals surface area contributed by atoms with Crippen molar-refractivity contribution in [2.45, 2.75) is 58.6 Å². The first-order valence-electron chi connectivity index (χ1n) is 6.75. The fraction of sp³-hybridized carbons (Fsp3) is 0.562. The van der Waals surface area contributed by atoms with Gasteiger partial charge in [0.2, 0.25) is 0 Å². The van der Waals surface area contributed by atoms with Crippen molar-refractivity contribution in [1.29, 1.82) is 0 Å². The Balaban J connectivity index is 4.40. The maximum atomic E-state index is 11.7. The summed E-state index contributed by atoms with van der Waals surface area (Å²) in [4.78, 5) is 11.7. The molecule has 0 radical (unpaired) electrons. The van der Waals surface area contributed by atoms with Crippen molar-refractivity contribution in [2.75, 3.05) is 0 Å². The molecule has 3 heteroatoms. The fourth-order valence-corrected chi connectivity index (χ4v) is 1.64. The molecule has 0 aliphatic heterocycles. The molecule has 19 heavy (non-hydrogen) atoms. The first-order valence-corrected chi connectivity index (χ1v) is 6.75. The van der Waals surface area contributed by atoms with Crippen molar-refractivity contribution in [3.05, 3.63) is 37.0 Å². The zero-order valence-corrected chi connectivity index (χ0v) is 12.7. The van der Waals surface area contributed by atoms with E-state index in [9.17, 15) is 4.79 Å². The van der Waals surface area contributed by atoms with Gasteiger partial charge in [-0.25, -0.2) is 4.79 Å². The maximum Gasteiger partial charge on any atom is 0.407 e. The predicted octanol–water partition coefficient (Wildman–Crippen LogP) is 4.37. The molecule has 0 rings (SSSR count). The second kappa shape index (κ2) is 8.57. The summed E-state index contributed by atoms with van der Waals surface area (Å²) in [7, 11) is 0. The monoisotopic (exact) mass is 265 g/mol. The van der Waals surface area contributed by atoms with Gasteiger partial charge in [-0.3, -0.25) is 0 Å². The van der Waals surface area contributed by atoms with Crippen LogP contribution in [0.25, 0.3) is 0 Å². The van der Waals surface area contributed by atoms with Crippen molar-refractivity contribution in [3.8, 4) is 0 Å². The highest BCUT2D eigenvalue weighted by Gasteiger charge is 2.19. The Labute approximate surface area is 117 Å². The molecule has 0 fully saturated rings. The summed E-state index contributed by atoms with van der Waals surface area (Å²) in [5, 5.41) is 2.90. The van der Waals surface area contributed by atoms with E-state index >= 15 is 0 Å². The van der Waals surface area contributed by atoms with E-state index in [2.05, 4.69) is 25.4 Å². The average Bonchev–Trinajstić information content (AvgIpc) is 2.23. The van der Waals surface area contributed by atoms with Gasteiger partial charge in [0, 0.05) is 6.04 Å². The molecular formula is C16H27NO2. The van der Waals surface area contributed by atoms with Crippen molar-refractivity contribution in [1.82, 2.24) is 5.32 Å².